The third-order valence-corrected chi connectivity index (χ3v) is 5.34. The molecule has 8 nitrogen and oxygen atoms in total. The summed E-state index contributed by atoms with van der Waals surface area (Å²) in [5, 5.41) is 8.05. The fourth-order valence-corrected chi connectivity index (χ4v) is 3.73. The number of carbonyl (C=O) groups excluding carboxylic acids is 2. The Kier molecular flexibility index (Phi) is 4.62. The minimum atomic E-state index is -0.513. The highest BCUT2D eigenvalue weighted by molar-refractivity contribution is 6.00. The lowest BCUT2D eigenvalue weighted by molar-refractivity contribution is 0.0230. The summed E-state index contributed by atoms with van der Waals surface area (Å²) >= 11 is 0. The van der Waals surface area contributed by atoms with Gasteiger partial charge in [0.05, 0.1) is 26.2 Å². The number of ether oxygens (including phenoxy) is 3. The molecule has 28 heavy (non-hydrogen) atoms. The summed E-state index contributed by atoms with van der Waals surface area (Å²) in [6, 6.07) is 8.70. The van der Waals surface area contributed by atoms with Crippen molar-refractivity contribution in [3.63, 3.8) is 0 Å². The Morgan fingerprint density at radius 1 is 1.14 bits per heavy atom. The van der Waals surface area contributed by atoms with Gasteiger partial charge < -0.3 is 19.1 Å². The van der Waals surface area contributed by atoms with Gasteiger partial charge in [-0.2, -0.15) is 0 Å². The number of piperidine rings is 1. The summed E-state index contributed by atoms with van der Waals surface area (Å²) in [6.07, 6.45) is 1.75. The first-order valence-electron chi connectivity index (χ1n) is 9.11. The van der Waals surface area contributed by atoms with E-state index in [1.807, 2.05) is 0 Å². The summed E-state index contributed by atoms with van der Waals surface area (Å²) < 4.78 is 16.1. The molecule has 0 atom stereocenters. The Hall–Kier alpha value is -3.16. The molecule has 0 amide bonds. The molecule has 3 heterocycles. The Bertz CT molecular complexity index is 905. The zero-order chi connectivity index (χ0) is 19.7. The highest BCUT2D eigenvalue weighted by Crippen LogP contribution is 2.40. The third-order valence-electron chi connectivity index (χ3n) is 5.34. The van der Waals surface area contributed by atoms with Crippen molar-refractivity contribution in [1.29, 1.82) is 0 Å². The van der Waals surface area contributed by atoms with Crippen LogP contribution in [0.4, 0.5) is 5.82 Å². The molecular weight excluding hydrogens is 362 g/mol. The lowest BCUT2D eigenvalue weighted by Gasteiger charge is -2.44. The lowest BCUT2D eigenvalue weighted by Crippen LogP contribution is -2.51. The van der Waals surface area contributed by atoms with Crippen LogP contribution in [0, 0.1) is 0 Å². The molecule has 1 aromatic heterocycles. The van der Waals surface area contributed by atoms with Gasteiger partial charge in [-0.3, -0.25) is 4.79 Å². The Morgan fingerprint density at radius 2 is 1.93 bits per heavy atom. The molecule has 1 spiro atoms. The van der Waals surface area contributed by atoms with E-state index in [2.05, 4.69) is 19.8 Å². The molecule has 0 N–H and O–H groups in total. The zero-order valence-corrected chi connectivity index (χ0v) is 15.8. The van der Waals surface area contributed by atoms with Crippen molar-refractivity contribution in [3.05, 3.63) is 41.6 Å². The maximum Gasteiger partial charge on any atom is 0.358 e. The largest absolute Gasteiger partial charge is 0.497 e. The Labute approximate surface area is 162 Å². The molecule has 0 radical (unpaired) electrons. The van der Waals surface area contributed by atoms with E-state index in [0.717, 1.165) is 0 Å². The normalized spacial score (nSPS) is 17.6. The van der Waals surface area contributed by atoms with Crippen molar-refractivity contribution < 1.29 is 23.8 Å². The van der Waals surface area contributed by atoms with Crippen LogP contribution in [-0.4, -0.2) is 54.9 Å². The van der Waals surface area contributed by atoms with Crippen LogP contribution in [0.5, 0.6) is 11.5 Å². The average molecular weight is 383 g/mol. The molecule has 2 aliphatic heterocycles. The number of nitrogens with zero attached hydrogens (tertiary/aromatic N) is 3. The quantitative estimate of drug-likeness (QED) is 0.746. The van der Waals surface area contributed by atoms with Crippen molar-refractivity contribution in [1.82, 2.24) is 10.2 Å². The number of benzene rings is 1. The maximum atomic E-state index is 12.7. The zero-order valence-electron chi connectivity index (χ0n) is 15.8. The number of esters is 1. The summed E-state index contributed by atoms with van der Waals surface area (Å²) in [6.45, 7) is 1.37. The minimum absolute atomic E-state index is 0.0795. The first-order valence-corrected chi connectivity index (χ1v) is 9.11. The first-order chi connectivity index (χ1) is 13.5. The van der Waals surface area contributed by atoms with Crippen LogP contribution in [0.3, 0.4) is 0 Å². The third kappa shape index (κ3) is 3.26. The number of carbonyl (C=O) groups is 2. The van der Waals surface area contributed by atoms with E-state index in [1.54, 1.807) is 37.4 Å². The van der Waals surface area contributed by atoms with E-state index in [-0.39, 0.29) is 11.5 Å². The minimum Gasteiger partial charge on any atom is -0.497 e. The number of aromatic nitrogens is 2. The number of hydrogen-bond donors (Lipinski definition) is 0. The van der Waals surface area contributed by atoms with Gasteiger partial charge in [0.25, 0.3) is 0 Å². The van der Waals surface area contributed by atoms with E-state index in [1.165, 1.54) is 7.11 Å². The van der Waals surface area contributed by atoms with E-state index in [0.29, 0.717) is 55.2 Å². The molecule has 1 saturated heterocycles. The van der Waals surface area contributed by atoms with Gasteiger partial charge in [0.1, 0.15) is 17.1 Å². The Morgan fingerprint density at radius 3 is 2.57 bits per heavy atom. The van der Waals surface area contributed by atoms with Crippen molar-refractivity contribution in [2.45, 2.75) is 24.9 Å². The number of hydrogen-bond acceptors (Lipinski definition) is 8. The number of ketones is 1. The molecule has 0 aliphatic carbocycles. The number of anilines is 1. The standard InChI is InChI=1S/C20H21N3O5/c1-26-13-3-5-17-14(11-13)16(24)12-20(28-17)7-9-23(10-8-20)18-6-4-15(21-22-18)19(25)27-2/h3-6,11H,7-10,12H2,1-2H3. The molecule has 2 aliphatic rings. The van der Waals surface area contributed by atoms with Crippen LogP contribution in [0.2, 0.25) is 0 Å². The SMILES string of the molecule is COC(=O)c1ccc(N2CCC3(CC2)CC(=O)c2cc(OC)ccc2O3)nn1. The Balaban J connectivity index is 1.46. The number of methoxy groups -OCH3 is 2. The second kappa shape index (κ2) is 7.10. The van der Waals surface area contributed by atoms with Gasteiger partial charge in [-0.05, 0) is 30.3 Å². The van der Waals surface area contributed by atoms with Gasteiger partial charge in [-0.25, -0.2) is 4.79 Å². The second-order valence-corrected chi connectivity index (χ2v) is 7.00. The summed E-state index contributed by atoms with van der Waals surface area (Å²) in [7, 11) is 2.88. The van der Waals surface area contributed by atoms with Gasteiger partial charge in [0.2, 0.25) is 0 Å². The molecule has 146 valence electrons. The van der Waals surface area contributed by atoms with Crippen LogP contribution in [0.1, 0.15) is 40.1 Å². The molecule has 4 rings (SSSR count). The van der Waals surface area contributed by atoms with Crippen molar-refractivity contribution in [2.75, 3.05) is 32.2 Å². The van der Waals surface area contributed by atoms with Crippen LogP contribution in [-0.2, 0) is 4.74 Å². The van der Waals surface area contributed by atoms with E-state index in [9.17, 15) is 9.59 Å². The smallest absolute Gasteiger partial charge is 0.358 e. The van der Waals surface area contributed by atoms with E-state index >= 15 is 0 Å². The van der Waals surface area contributed by atoms with Gasteiger partial charge in [0, 0.05) is 25.9 Å². The summed E-state index contributed by atoms with van der Waals surface area (Å²) in [4.78, 5) is 26.3. The van der Waals surface area contributed by atoms with E-state index in [4.69, 9.17) is 9.47 Å². The predicted octanol–water partition coefficient (Wildman–Crippen LogP) is 2.28. The van der Waals surface area contributed by atoms with Crippen molar-refractivity contribution in [3.8, 4) is 11.5 Å². The molecule has 1 fully saturated rings. The van der Waals surface area contributed by atoms with Crippen molar-refractivity contribution in [2.24, 2.45) is 0 Å². The highest BCUT2D eigenvalue weighted by Gasteiger charge is 2.43. The monoisotopic (exact) mass is 383 g/mol. The fourth-order valence-electron chi connectivity index (χ4n) is 3.73. The second-order valence-electron chi connectivity index (χ2n) is 7.00. The average Bonchev–Trinajstić information content (AvgIpc) is 2.73. The van der Waals surface area contributed by atoms with Crippen LogP contribution in [0.15, 0.2) is 30.3 Å². The van der Waals surface area contributed by atoms with Gasteiger partial charge >= 0.3 is 5.97 Å². The van der Waals surface area contributed by atoms with Gasteiger partial charge in [0.15, 0.2) is 17.3 Å². The maximum absolute atomic E-state index is 12.7. The summed E-state index contributed by atoms with van der Waals surface area (Å²) in [5.41, 5.74) is 0.263. The highest BCUT2D eigenvalue weighted by atomic mass is 16.5. The van der Waals surface area contributed by atoms with Crippen LogP contribution < -0.4 is 14.4 Å². The molecule has 0 bridgehead atoms. The topological polar surface area (TPSA) is 90.9 Å². The van der Waals surface area contributed by atoms with Crippen molar-refractivity contribution >= 4 is 17.6 Å². The van der Waals surface area contributed by atoms with Gasteiger partial charge in [-0.1, -0.05) is 0 Å². The molecule has 1 aromatic carbocycles. The fraction of sp³-hybridized carbons (Fsp3) is 0.400. The van der Waals surface area contributed by atoms with Crippen LogP contribution in [0.25, 0.3) is 0 Å². The lowest BCUT2D eigenvalue weighted by atomic mass is 9.82. The number of rotatable bonds is 3. The molecule has 8 heteroatoms. The predicted molar refractivity (Wildman–Crippen MR) is 100 cm³/mol. The molecule has 0 unspecified atom stereocenters. The van der Waals surface area contributed by atoms with E-state index < -0.39 is 11.6 Å². The molecule has 0 saturated carbocycles. The van der Waals surface area contributed by atoms with Crippen LogP contribution >= 0.6 is 0 Å². The molecule has 2 aromatic rings. The summed E-state index contributed by atoms with van der Waals surface area (Å²) in [5.74, 6) is 1.52. The first kappa shape index (κ1) is 18.2. The molecular formula is C20H21N3O5. The number of Topliss-reactive ketones (excluding diaryl/α,β-unsaturated/α-hetero) is 1. The number of fused-ring (bicyclic) bond motifs is 1. The van der Waals surface area contributed by atoms with Gasteiger partial charge in [-0.15, -0.1) is 10.2 Å².